The number of anilines is 1. The number of hydrogen-bond donors (Lipinski definition) is 1. The molecule has 132 valence electrons. The number of rotatable bonds is 3. The van der Waals surface area contributed by atoms with Gasteiger partial charge in [-0.1, -0.05) is 42.5 Å². The summed E-state index contributed by atoms with van der Waals surface area (Å²) in [6.45, 7) is 2.01. The van der Waals surface area contributed by atoms with Gasteiger partial charge in [-0.3, -0.25) is 4.79 Å². The summed E-state index contributed by atoms with van der Waals surface area (Å²) in [5.74, 6) is -0.279. The Morgan fingerprint density at radius 1 is 1.04 bits per heavy atom. The molecule has 0 spiro atoms. The van der Waals surface area contributed by atoms with Gasteiger partial charge in [-0.15, -0.1) is 11.3 Å². The van der Waals surface area contributed by atoms with E-state index in [0.717, 1.165) is 16.0 Å². The summed E-state index contributed by atoms with van der Waals surface area (Å²) in [6, 6.07) is 16.2. The standard InChI is InChI=1S/C20H17NO3S2/c1-13-7-5-6-10-15(13)16-11-18(22)21-19-17(12-25-20(16)19)26(23,24)14-8-3-2-4-9-14/h2-10,12,16H,11H2,1H3,(H,21,22). The summed E-state index contributed by atoms with van der Waals surface area (Å²) >= 11 is 1.39. The van der Waals surface area contributed by atoms with E-state index in [2.05, 4.69) is 5.32 Å². The highest BCUT2D eigenvalue weighted by molar-refractivity contribution is 7.91. The molecule has 0 fully saturated rings. The Hall–Kier alpha value is -2.44. The van der Waals surface area contributed by atoms with Gasteiger partial charge in [0.1, 0.15) is 4.90 Å². The fourth-order valence-electron chi connectivity index (χ4n) is 3.36. The molecule has 4 nitrogen and oxygen atoms in total. The van der Waals surface area contributed by atoms with Gasteiger partial charge in [0.2, 0.25) is 15.7 Å². The summed E-state index contributed by atoms with van der Waals surface area (Å²) < 4.78 is 26.1. The van der Waals surface area contributed by atoms with Crippen molar-refractivity contribution in [3.63, 3.8) is 0 Å². The summed E-state index contributed by atoms with van der Waals surface area (Å²) in [5, 5.41) is 4.44. The molecule has 2 heterocycles. The van der Waals surface area contributed by atoms with E-state index in [1.165, 1.54) is 11.3 Å². The quantitative estimate of drug-likeness (QED) is 0.731. The van der Waals surface area contributed by atoms with Crippen LogP contribution in [0.5, 0.6) is 0 Å². The van der Waals surface area contributed by atoms with Crippen LogP contribution < -0.4 is 5.32 Å². The van der Waals surface area contributed by atoms with E-state index in [1.807, 2.05) is 31.2 Å². The number of nitrogens with one attached hydrogen (secondary N) is 1. The van der Waals surface area contributed by atoms with Crippen molar-refractivity contribution in [1.82, 2.24) is 0 Å². The summed E-state index contributed by atoms with van der Waals surface area (Å²) in [5.41, 5.74) is 2.59. The molecule has 1 atom stereocenters. The third kappa shape index (κ3) is 2.75. The van der Waals surface area contributed by atoms with Crippen LogP contribution >= 0.6 is 11.3 Å². The average Bonchev–Trinajstić information content (AvgIpc) is 3.07. The van der Waals surface area contributed by atoms with Gasteiger partial charge in [0.15, 0.2) is 0 Å². The molecule has 1 amide bonds. The number of carbonyl (C=O) groups excluding carboxylic acids is 1. The Labute approximate surface area is 156 Å². The van der Waals surface area contributed by atoms with Crippen molar-refractivity contribution in [3.05, 3.63) is 76.0 Å². The molecule has 2 aromatic carbocycles. The smallest absolute Gasteiger partial charge is 0.225 e. The number of sulfone groups is 1. The highest BCUT2D eigenvalue weighted by Gasteiger charge is 2.34. The third-order valence-electron chi connectivity index (χ3n) is 4.66. The minimum atomic E-state index is -3.68. The predicted octanol–water partition coefficient (Wildman–Crippen LogP) is 4.36. The van der Waals surface area contributed by atoms with Gasteiger partial charge in [0.25, 0.3) is 0 Å². The second kappa shape index (κ2) is 6.37. The highest BCUT2D eigenvalue weighted by atomic mass is 32.2. The molecule has 26 heavy (non-hydrogen) atoms. The van der Waals surface area contributed by atoms with Crippen molar-refractivity contribution < 1.29 is 13.2 Å². The topological polar surface area (TPSA) is 63.2 Å². The zero-order valence-electron chi connectivity index (χ0n) is 14.1. The van der Waals surface area contributed by atoms with Crippen molar-refractivity contribution >= 4 is 32.8 Å². The molecule has 0 saturated heterocycles. The van der Waals surface area contributed by atoms with E-state index in [-0.39, 0.29) is 21.6 Å². The number of benzene rings is 2. The first kappa shape index (κ1) is 17.0. The van der Waals surface area contributed by atoms with Gasteiger partial charge in [-0.25, -0.2) is 8.42 Å². The molecule has 1 unspecified atom stereocenters. The molecule has 0 radical (unpaired) electrons. The number of fused-ring (bicyclic) bond motifs is 1. The molecule has 1 N–H and O–H groups in total. The first-order valence-electron chi connectivity index (χ1n) is 8.25. The molecule has 3 aromatic rings. The number of thiophene rings is 1. The van der Waals surface area contributed by atoms with Gasteiger partial charge in [-0.2, -0.15) is 0 Å². The Kier molecular flexibility index (Phi) is 4.17. The van der Waals surface area contributed by atoms with Gasteiger partial charge in [-0.05, 0) is 30.2 Å². The van der Waals surface area contributed by atoms with Gasteiger partial charge in [0, 0.05) is 22.6 Å². The molecule has 6 heteroatoms. The first-order chi connectivity index (χ1) is 12.5. The van der Waals surface area contributed by atoms with Crippen LogP contribution in [-0.4, -0.2) is 14.3 Å². The van der Waals surface area contributed by atoms with Crippen LogP contribution in [0.3, 0.4) is 0 Å². The second-order valence-electron chi connectivity index (χ2n) is 6.32. The normalized spacial score (nSPS) is 16.8. The molecule has 0 saturated carbocycles. The molecule has 0 bridgehead atoms. The van der Waals surface area contributed by atoms with E-state index in [4.69, 9.17) is 0 Å². The van der Waals surface area contributed by atoms with Crippen molar-refractivity contribution in [3.8, 4) is 0 Å². The lowest BCUT2D eigenvalue weighted by Gasteiger charge is -2.25. The van der Waals surface area contributed by atoms with Crippen LogP contribution in [-0.2, 0) is 14.6 Å². The van der Waals surface area contributed by atoms with Crippen molar-refractivity contribution in [1.29, 1.82) is 0 Å². The van der Waals surface area contributed by atoms with E-state index >= 15 is 0 Å². The number of amides is 1. The SMILES string of the molecule is Cc1ccccc1C1CC(=O)Nc2c(S(=O)(=O)c3ccccc3)csc21. The van der Waals surface area contributed by atoms with Gasteiger partial charge in [0.05, 0.1) is 10.6 Å². The molecule has 1 aliphatic heterocycles. The lowest BCUT2D eigenvalue weighted by molar-refractivity contribution is -0.116. The maximum Gasteiger partial charge on any atom is 0.225 e. The molecule has 1 aliphatic rings. The number of hydrogen-bond acceptors (Lipinski definition) is 4. The Morgan fingerprint density at radius 3 is 2.46 bits per heavy atom. The summed E-state index contributed by atoms with van der Waals surface area (Å²) in [4.78, 5) is 13.6. The van der Waals surface area contributed by atoms with Crippen LogP contribution in [0.4, 0.5) is 5.69 Å². The number of aryl methyl sites for hydroxylation is 1. The zero-order chi connectivity index (χ0) is 18.3. The van der Waals surface area contributed by atoms with Crippen LogP contribution in [0.25, 0.3) is 0 Å². The first-order valence-corrected chi connectivity index (χ1v) is 10.6. The van der Waals surface area contributed by atoms with Crippen LogP contribution in [0.2, 0.25) is 0 Å². The van der Waals surface area contributed by atoms with Crippen molar-refractivity contribution in [2.24, 2.45) is 0 Å². The van der Waals surface area contributed by atoms with Gasteiger partial charge >= 0.3 is 0 Å². The monoisotopic (exact) mass is 383 g/mol. The molecular formula is C20H17NO3S2. The summed E-state index contributed by atoms with van der Waals surface area (Å²) in [6.07, 6.45) is 0.323. The average molecular weight is 383 g/mol. The molecule has 0 aliphatic carbocycles. The Bertz CT molecular complexity index is 1090. The number of carbonyl (C=O) groups is 1. The highest BCUT2D eigenvalue weighted by Crippen LogP contribution is 2.46. The Morgan fingerprint density at radius 2 is 1.73 bits per heavy atom. The van der Waals surface area contributed by atoms with Crippen LogP contribution in [0, 0.1) is 6.92 Å². The largest absolute Gasteiger partial charge is 0.324 e. The lowest BCUT2D eigenvalue weighted by atomic mass is 9.88. The van der Waals surface area contributed by atoms with E-state index in [0.29, 0.717) is 12.1 Å². The maximum atomic E-state index is 13.0. The van der Waals surface area contributed by atoms with E-state index < -0.39 is 9.84 Å². The van der Waals surface area contributed by atoms with E-state index in [9.17, 15) is 13.2 Å². The molecule has 4 rings (SSSR count). The Balaban J connectivity index is 1.86. The second-order valence-corrected chi connectivity index (χ2v) is 9.15. The summed E-state index contributed by atoms with van der Waals surface area (Å²) in [7, 11) is -3.68. The van der Waals surface area contributed by atoms with E-state index in [1.54, 1.807) is 35.7 Å². The van der Waals surface area contributed by atoms with Crippen molar-refractivity contribution in [2.75, 3.05) is 5.32 Å². The zero-order valence-corrected chi connectivity index (χ0v) is 15.7. The molecular weight excluding hydrogens is 366 g/mol. The fourth-order valence-corrected chi connectivity index (χ4v) is 6.28. The van der Waals surface area contributed by atoms with Crippen molar-refractivity contribution in [2.45, 2.75) is 29.1 Å². The molecule has 1 aromatic heterocycles. The third-order valence-corrected chi connectivity index (χ3v) is 7.70. The maximum absolute atomic E-state index is 13.0. The fraction of sp³-hybridized carbons (Fsp3) is 0.150. The van der Waals surface area contributed by atoms with Crippen LogP contribution in [0.15, 0.2) is 69.8 Å². The minimum absolute atomic E-state index is 0.121. The van der Waals surface area contributed by atoms with Crippen LogP contribution in [0.1, 0.15) is 28.3 Å². The predicted molar refractivity (Wildman–Crippen MR) is 102 cm³/mol. The minimum Gasteiger partial charge on any atom is -0.324 e. The lowest BCUT2D eigenvalue weighted by Crippen LogP contribution is -2.23. The van der Waals surface area contributed by atoms with Gasteiger partial charge < -0.3 is 5.32 Å².